The van der Waals surface area contributed by atoms with E-state index in [1.54, 1.807) is 0 Å². The average molecular weight is 1450 g/mol. The second kappa shape index (κ2) is 73.0. The number of unbranched alkanes of at least 4 members (excludes halogenated alkanes) is 52. The molecule has 99 heavy (non-hydrogen) atoms. The molecule has 0 amide bonds. The highest BCUT2D eigenvalue weighted by atomic mass is 31.2. The number of phosphoric ester groups is 2. The van der Waals surface area contributed by atoms with Crippen LogP contribution in [-0.2, 0) is 65.4 Å². The van der Waals surface area contributed by atoms with Crippen molar-refractivity contribution in [2.75, 3.05) is 39.6 Å². The number of carbonyl (C=O) groups excluding carboxylic acids is 4. The van der Waals surface area contributed by atoms with Gasteiger partial charge in [-0.3, -0.25) is 37.3 Å². The van der Waals surface area contributed by atoms with E-state index in [0.29, 0.717) is 25.7 Å². The highest BCUT2D eigenvalue weighted by molar-refractivity contribution is 7.47. The van der Waals surface area contributed by atoms with Crippen molar-refractivity contribution in [1.82, 2.24) is 0 Å². The summed E-state index contributed by atoms with van der Waals surface area (Å²) in [6.45, 7) is 7.33. The van der Waals surface area contributed by atoms with E-state index in [9.17, 15) is 43.2 Å². The minimum Gasteiger partial charge on any atom is -0.462 e. The summed E-state index contributed by atoms with van der Waals surface area (Å²) in [7, 11) is -9.92. The van der Waals surface area contributed by atoms with Crippen LogP contribution < -0.4 is 0 Å². The van der Waals surface area contributed by atoms with Crippen molar-refractivity contribution >= 4 is 39.5 Å². The van der Waals surface area contributed by atoms with Crippen LogP contribution in [0.25, 0.3) is 0 Å². The lowest BCUT2D eigenvalue weighted by Crippen LogP contribution is -2.30. The molecule has 0 saturated carbocycles. The number of rotatable bonds is 80. The van der Waals surface area contributed by atoms with E-state index in [1.807, 2.05) is 0 Å². The Kier molecular flexibility index (Phi) is 71.6. The maximum absolute atomic E-state index is 13.1. The molecule has 0 bridgehead atoms. The summed E-state index contributed by atoms with van der Waals surface area (Å²) in [6.07, 6.45) is 63.7. The van der Waals surface area contributed by atoms with Gasteiger partial charge in [0.05, 0.1) is 26.4 Å². The minimum absolute atomic E-state index is 0.107. The smallest absolute Gasteiger partial charge is 0.462 e. The molecule has 3 N–H and O–H groups in total. The Hall–Kier alpha value is -1.94. The molecule has 0 aromatic heterocycles. The van der Waals surface area contributed by atoms with Crippen LogP contribution in [0.3, 0.4) is 0 Å². The van der Waals surface area contributed by atoms with Crippen molar-refractivity contribution in [2.45, 2.75) is 445 Å². The van der Waals surface area contributed by atoms with Crippen LogP contribution >= 0.6 is 15.6 Å². The first-order chi connectivity index (χ1) is 48.0. The molecule has 0 spiro atoms. The van der Waals surface area contributed by atoms with Gasteiger partial charge < -0.3 is 33.8 Å². The number of ether oxygens (including phenoxy) is 4. The zero-order chi connectivity index (χ0) is 72.7. The van der Waals surface area contributed by atoms with E-state index in [1.165, 1.54) is 250 Å². The maximum atomic E-state index is 13.1. The topological polar surface area (TPSA) is 237 Å². The molecule has 0 aromatic rings. The number of hydrogen-bond acceptors (Lipinski definition) is 15. The molecule has 0 aliphatic carbocycles. The fourth-order valence-electron chi connectivity index (χ4n) is 12.4. The Morgan fingerprint density at radius 3 is 0.687 bits per heavy atom. The lowest BCUT2D eigenvalue weighted by molar-refractivity contribution is -0.161. The fourth-order valence-corrected chi connectivity index (χ4v) is 14.0. The number of phosphoric acid groups is 2. The average Bonchev–Trinajstić information content (AvgIpc) is 0.982. The summed E-state index contributed by atoms with van der Waals surface area (Å²) in [5.41, 5.74) is 0. The summed E-state index contributed by atoms with van der Waals surface area (Å²) in [4.78, 5) is 73.0. The van der Waals surface area contributed by atoms with Crippen LogP contribution in [-0.4, -0.2) is 96.7 Å². The second-order valence-corrected chi connectivity index (χ2v) is 32.2. The normalized spacial score (nSPS) is 13.9. The first-order valence-electron chi connectivity index (χ1n) is 41.6. The highest BCUT2D eigenvalue weighted by Gasteiger charge is 2.30. The van der Waals surface area contributed by atoms with Gasteiger partial charge in [-0.1, -0.05) is 375 Å². The van der Waals surface area contributed by atoms with Gasteiger partial charge in [-0.15, -0.1) is 0 Å². The number of aliphatic hydroxyl groups excluding tert-OH is 1. The van der Waals surface area contributed by atoms with Crippen LogP contribution in [0.2, 0.25) is 0 Å². The third kappa shape index (κ3) is 74.1. The first-order valence-corrected chi connectivity index (χ1v) is 44.6. The second-order valence-electron chi connectivity index (χ2n) is 29.3. The molecule has 2 unspecified atom stereocenters. The third-order valence-electron chi connectivity index (χ3n) is 18.8. The van der Waals surface area contributed by atoms with Gasteiger partial charge in [-0.25, -0.2) is 9.13 Å². The van der Waals surface area contributed by atoms with E-state index in [4.69, 9.17) is 37.0 Å². The van der Waals surface area contributed by atoms with E-state index in [0.717, 1.165) is 95.8 Å². The van der Waals surface area contributed by atoms with Crippen molar-refractivity contribution in [3.05, 3.63) is 0 Å². The summed E-state index contributed by atoms with van der Waals surface area (Å²) < 4.78 is 68.7. The molecule has 17 nitrogen and oxygen atoms in total. The standard InChI is InChI=1S/C80H156O17P2/c1-6-9-12-15-18-21-24-26-28-30-32-34-39-44-49-54-59-64-78(83)91-70-76(96-79(84)65-60-55-50-45-40-35-33-31-29-27-25-22-19-16-13-10-7-2)72-95-99(88,89)93-68-74(81)67-92-98(86,87)94-71-75(69-90-77(82)63-58-53-48-43-37-23-20-17-14-11-8-3)97-80(85)66-61-56-51-46-41-36-38-42-47-52-57-62-73(4)5/h73-76,81H,6-72H2,1-5H3,(H,86,87)(H,88,89)/t74-,75+,76+/m0/s1. The van der Waals surface area contributed by atoms with Crippen molar-refractivity contribution < 1.29 is 80.2 Å². The molecule has 0 radical (unpaired) electrons. The lowest BCUT2D eigenvalue weighted by atomic mass is 10.0. The predicted molar refractivity (Wildman–Crippen MR) is 405 cm³/mol. The lowest BCUT2D eigenvalue weighted by Gasteiger charge is -2.21. The van der Waals surface area contributed by atoms with Gasteiger partial charge in [0.25, 0.3) is 0 Å². The highest BCUT2D eigenvalue weighted by Crippen LogP contribution is 2.45. The summed E-state index contributed by atoms with van der Waals surface area (Å²) in [5, 5.41) is 10.6. The van der Waals surface area contributed by atoms with Crippen LogP contribution in [0.1, 0.15) is 426 Å². The molecule has 0 saturated heterocycles. The number of carbonyl (C=O) groups is 4. The molecule has 0 heterocycles. The predicted octanol–water partition coefficient (Wildman–Crippen LogP) is 24.0. The maximum Gasteiger partial charge on any atom is 0.472 e. The van der Waals surface area contributed by atoms with Gasteiger partial charge in [0.2, 0.25) is 0 Å². The largest absolute Gasteiger partial charge is 0.472 e. The van der Waals surface area contributed by atoms with E-state index in [2.05, 4.69) is 34.6 Å². The van der Waals surface area contributed by atoms with Gasteiger partial charge in [0, 0.05) is 25.7 Å². The van der Waals surface area contributed by atoms with Crippen LogP contribution in [0.5, 0.6) is 0 Å². The minimum atomic E-state index is -4.96. The molecule has 0 aromatic carbocycles. The number of hydrogen-bond donors (Lipinski definition) is 3. The van der Waals surface area contributed by atoms with Gasteiger partial charge in [-0.2, -0.15) is 0 Å². The first kappa shape index (κ1) is 97.1. The zero-order valence-corrected chi connectivity index (χ0v) is 66.4. The van der Waals surface area contributed by atoms with Gasteiger partial charge in [-0.05, 0) is 31.6 Å². The Morgan fingerprint density at radius 2 is 0.465 bits per heavy atom. The van der Waals surface area contributed by atoms with Crippen molar-refractivity contribution in [2.24, 2.45) is 5.92 Å². The van der Waals surface area contributed by atoms with Crippen LogP contribution in [0.4, 0.5) is 0 Å². The zero-order valence-electron chi connectivity index (χ0n) is 64.6. The van der Waals surface area contributed by atoms with Crippen molar-refractivity contribution in [3.8, 4) is 0 Å². The van der Waals surface area contributed by atoms with Crippen molar-refractivity contribution in [3.63, 3.8) is 0 Å². The number of esters is 4. The third-order valence-corrected chi connectivity index (χ3v) is 20.7. The van der Waals surface area contributed by atoms with E-state index >= 15 is 0 Å². The van der Waals surface area contributed by atoms with Gasteiger partial charge in [0.1, 0.15) is 19.3 Å². The van der Waals surface area contributed by atoms with Crippen LogP contribution in [0, 0.1) is 5.92 Å². The molecule has 0 aliphatic heterocycles. The van der Waals surface area contributed by atoms with Crippen molar-refractivity contribution in [1.29, 1.82) is 0 Å². The monoisotopic (exact) mass is 1450 g/mol. The van der Waals surface area contributed by atoms with E-state index in [-0.39, 0.29) is 25.7 Å². The quantitative estimate of drug-likeness (QED) is 0.0222. The Morgan fingerprint density at radius 1 is 0.273 bits per heavy atom. The molecule has 0 fully saturated rings. The van der Waals surface area contributed by atoms with Gasteiger partial charge in [0.15, 0.2) is 12.2 Å². The Labute approximate surface area is 607 Å². The fraction of sp³-hybridized carbons (Fsp3) is 0.950. The molecule has 0 aliphatic rings. The number of aliphatic hydroxyl groups is 1. The molecular weight excluding hydrogens is 1290 g/mol. The Balaban J connectivity index is 5.25. The summed E-state index contributed by atoms with van der Waals surface area (Å²) >= 11 is 0. The molecule has 0 rings (SSSR count). The van der Waals surface area contributed by atoms with Gasteiger partial charge >= 0.3 is 39.5 Å². The summed E-state index contributed by atoms with van der Waals surface area (Å²) in [6, 6.07) is 0. The molecular formula is C80H156O17P2. The Bertz CT molecular complexity index is 1890. The van der Waals surface area contributed by atoms with Crippen LogP contribution in [0.15, 0.2) is 0 Å². The SMILES string of the molecule is CCCCCCCCCCCCCCCCCCCC(=O)OC[C@H](COP(=O)(O)OC[C@@H](O)COP(=O)(O)OC[C@@H](COC(=O)CCCCCCCCCCCCC)OC(=O)CCCCCCCCCCCCCC(C)C)OC(=O)CCCCCCCCCCCCCCCCCCC. The molecule has 19 heteroatoms. The van der Waals surface area contributed by atoms with E-state index < -0.39 is 97.5 Å². The molecule has 588 valence electrons. The molecule has 5 atom stereocenters. The summed E-state index contributed by atoms with van der Waals surface area (Å²) in [5.74, 6) is -1.34.